The Morgan fingerprint density at radius 1 is 0.653 bits per heavy atom. The van der Waals surface area contributed by atoms with E-state index in [4.69, 9.17) is 0 Å². The van der Waals surface area contributed by atoms with Crippen molar-refractivity contribution in [2.24, 2.45) is 0 Å². The number of aliphatic hydroxyl groups is 4. The molecule has 8 N–H and O–H groups in total. The molecule has 11 heteroatoms. The molecule has 2 unspecified atom stereocenters. The van der Waals surface area contributed by atoms with Crippen LogP contribution in [0, 0.1) is 13.8 Å². The molecule has 0 amide bonds. The molecule has 1 aliphatic heterocycles. The van der Waals surface area contributed by atoms with Crippen molar-refractivity contribution in [3.05, 3.63) is 106 Å². The van der Waals surface area contributed by atoms with Gasteiger partial charge in [0.2, 0.25) is 0 Å². The molecule has 1 heterocycles. The van der Waals surface area contributed by atoms with Crippen LogP contribution in [0.15, 0.2) is 66.9 Å². The normalized spacial score (nSPS) is 17.3. The Bertz CT molecular complexity index is 1470. The molecular formula is C38H55N5O6. The average molecular weight is 678 g/mol. The van der Waals surface area contributed by atoms with E-state index in [2.05, 4.69) is 61.9 Å². The van der Waals surface area contributed by atoms with E-state index in [1.165, 1.54) is 5.56 Å². The zero-order chi connectivity index (χ0) is 35.2. The quantitative estimate of drug-likeness (QED) is 0.119. The second-order valence-electron chi connectivity index (χ2n) is 13.1. The predicted molar refractivity (Wildman–Crippen MR) is 191 cm³/mol. The zero-order valence-electron chi connectivity index (χ0n) is 28.9. The van der Waals surface area contributed by atoms with Gasteiger partial charge in [-0.3, -0.25) is 20.4 Å². The van der Waals surface area contributed by atoms with Gasteiger partial charge >= 0.3 is 0 Å². The van der Waals surface area contributed by atoms with Gasteiger partial charge < -0.3 is 35.5 Å². The first-order valence-corrected chi connectivity index (χ1v) is 17.2. The van der Waals surface area contributed by atoms with Gasteiger partial charge in [0, 0.05) is 81.2 Å². The molecule has 2 atom stereocenters. The summed E-state index contributed by atoms with van der Waals surface area (Å²) in [4.78, 5) is 7.05. The van der Waals surface area contributed by atoms with E-state index in [9.17, 15) is 30.6 Å². The minimum Gasteiger partial charge on any atom is -0.507 e. The minimum absolute atomic E-state index is 0.182. The fourth-order valence-electron chi connectivity index (χ4n) is 6.34. The van der Waals surface area contributed by atoms with Crippen LogP contribution in [0.1, 0.15) is 51.8 Å². The Kier molecular flexibility index (Phi) is 15.3. The SMILES string of the molecule is Cc1cc(CNC(O)CO)c(O)c(CN2/C=C\CN(Cc3cc(C)cc(CNC(O)CO)c3O)CCCN(Cc3ccccc3)CCC2)c1. The maximum absolute atomic E-state index is 11.2. The molecule has 4 rings (SSSR count). The zero-order valence-corrected chi connectivity index (χ0v) is 28.9. The monoisotopic (exact) mass is 677 g/mol. The summed E-state index contributed by atoms with van der Waals surface area (Å²) in [5.74, 6) is 0.374. The number of nitrogens with zero attached hydrogens (tertiary/aromatic N) is 3. The molecule has 1 aliphatic rings. The Balaban J connectivity index is 1.56. The first-order valence-electron chi connectivity index (χ1n) is 17.2. The molecule has 0 bridgehead atoms. The Morgan fingerprint density at radius 2 is 1.16 bits per heavy atom. The van der Waals surface area contributed by atoms with Gasteiger partial charge in [0.1, 0.15) is 24.0 Å². The molecule has 0 saturated heterocycles. The number of phenolic OH excluding ortho intramolecular Hbond substituents is 2. The molecular weight excluding hydrogens is 622 g/mol. The summed E-state index contributed by atoms with van der Waals surface area (Å²) in [6.07, 6.45) is 4.04. The van der Waals surface area contributed by atoms with Gasteiger partial charge in [0.25, 0.3) is 0 Å². The average Bonchev–Trinajstić information content (AvgIpc) is 3.08. The molecule has 0 spiro atoms. The molecule has 0 radical (unpaired) electrons. The van der Waals surface area contributed by atoms with Crippen LogP contribution < -0.4 is 10.6 Å². The van der Waals surface area contributed by atoms with Gasteiger partial charge in [-0.15, -0.1) is 0 Å². The highest BCUT2D eigenvalue weighted by atomic mass is 16.3. The largest absolute Gasteiger partial charge is 0.507 e. The fraction of sp³-hybridized carbons (Fsp3) is 0.474. The number of rotatable bonds is 14. The third kappa shape index (κ3) is 12.4. The molecule has 3 aromatic carbocycles. The van der Waals surface area contributed by atoms with Gasteiger partial charge in [-0.1, -0.05) is 71.8 Å². The van der Waals surface area contributed by atoms with Crippen LogP contribution in [0.2, 0.25) is 0 Å². The van der Waals surface area contributed by atoms with Crippen LogP contribution in [0.5, 0.6) is 11.5 Å². The van der Waals surface area contributed by atoms with Crippen molar-refractivity contribution in [3.8, 4) is 11.5 Å². The van der Waals surface area contributed by atoms with E-state index in [0.29, 0.717) is 30.8 Å². The second-order valence-corrected chi connectivity index (χ2v) is 13.1. The number of benzene rings is 3. The lowest BCUT2D eigenvalue weighted by atomic mass is 10.0. The molecule has 11 nitrogen and oxygen atoms in total. The van der Waals surface area contributed by atoms with Crippen molar-refractivity contribution in [3.63, 3.8) is 0 Å². The predicted octanol–water partition coefficient (Wildman–Crippen LogP) is 2.63. The van der Waals surface area contributed by atoms with E-state index in [-0.39, 0.29) is 24.6 Å². The van der Waals surface area contributed by atoms with Gasteiger partial charge in [0.15, 0.2) is 0 Å². The van der Waals surface area contributed by atoms with Gasteiger partial charge in [0.05, 0.1) is 13.2 Å². The molecule has 0 fully saturated rings. The van der Waals surface area contributed by atoms with Crippen molar-refractivity contribution >= 4 is 0 Å². The van der Waals surface area contributed by atoms with E-state index in [1.54, 1.807) is 0 Å². The van der Waals surface area contributed by atoms with Crippen molar-refractivity contribution in [2.45, 2.75) is 71.9 Å². The number of aryl methyl sites for hydroxylation is 2. The Morgan fingerprint density at radius 3 is 1.73 bits per heavy atom. The lowest BCUT2D eigenvalue weighted by molar-refractivity contribution is 0.0663. The van der Waals surface area contributed by atoms with E-state index >= 15 is 0 Å². The molecule has 0 aromatic heterocycles. The standard InChI is InChI=1S/C38H55N5O6/c1-28-17-31(21-39-35(46)26-44)37(48)33(19-28)24-42-13-6-11-41(23-30-9-4-3-5-10-30)12-7-14-43(16-8-15-42)25-34-20-29(2)18-32(38(34)49)22-40-36(47)27-45/h3-5,8-10,15,17-20,35-36,39-40,44-49H,6-7,11-14,16,21-27H2,1-2H3/b15-8-. The van der Waals surface area contributed by atoms with Crippen LogP contribution in [-0.4, -0.2) is 104 Å². The maximum atomic E-state index is 11.2. The number of phenols is 2. The van der Waals surface area contributed by atoms with E-state index in [0.717, 1.165) is 67.8 Å². The van der Waals surface area contributed by atoms with Crippen LogP contribution >= 0.6 is 0 Å². The first-order chi connectivity index (χ1) is 23.6. The molecule has 0 saturated carbocycles. The number of hydrogen-bond donors (Lipinski definition) is 8. The van der Waals surface area contributed by atoms with Gasteiger partial charge in [-0.25, -0.2) is 0 Å². The lowest BCUT2D eigenvalue weighted by Crippen LogP contribution is -2.33. The summed E-state index contributed by atoms with van der Waals surface area (Å²) in [7, 11) is 0. The summed E-state index contributed by atoms with van der Waals surface area (Å²) in [5, 5.41) is 66.0. The highest BCUT2D eigenvalue weighted by Gasteiger charge is 2.17. The summed E-state index contributed by atoms with van der Waals surface area (Å²) in [6.45, 7) is 9.65. The fourth-order valence-corrected chi connectivity index (χ4v) is 6.34. The summed E-state index contributed by atoms with van der Waals surface area (Å²) in [6, 6.07) is 18.3. The maximum Gasteiger partial charge on any atom is 0.128 e. The lowest BCUT2D eigenvalue weighted by Gasteiger charge is -2.29. The smallest absolute Gasteiger partial charge is 0.128 e. The summed E-state index contributed by atoms with van der Waals surface area (Å²) < 4.78 is 0. The van der Waals surface area contributed by atoms with E-state index < -0.39 is 25.7 Å². The number of nitrogens with one attached hydrogen (secondary N) is 2. The molecule has 49 heavy (non-hydrogen) atoms. The highest BCUT2D eigenvalue weighted by Crippen LogP contribution is 2.28. The van der Waals surface area contributed by atoms with Crippen LogP contribution in [0.4, 0.5) is 0 Å². The Labute approximate surface area is 290 Å². The van der Waals surface area contributed by atoms with Gasteiger partial charge in [-0.2, -0.15) is 0 Å². The topological polar surface area (TPSA) is 155 Å². The molecule has 0 aliphatic carbocycles. The minimum atomic E-state index is -1.06. The number of aliphatic hydroxyl groups excluding tert-OH is 4. The van der Waals surface area contributed by atoms with E-state index in [1.807, 2.05) is 44.2 Å². The summed E-state index contributed by atoms with van der Waals surface area (Å²) in [5.41, 5.74) is 6.22. The second kappa shape index (κ2) is 19.6. The Hall–Kier alpha value is -3.52. The first kappa shape index (κ1) is 38.3. The number of aromatic hydroxyl groups is 2. The third-order valence-corrected chi connectivity index (χ3v) is 8.79. The van der Waals surface area contributed by atoms with Crippen molar-refractivity contribution < 1.29 is 30.6 Å². The number of hydrogen-bond acceptors (Lipinski definition) is 11. The summed E-state index contributed by atoms with van der Waals surface area (Å²) >= 11 is 0. The molecule has 268 valence electrons. The van der Waals surface area contributed by atoms with Gasteiger partial charge in [-0.05, 0) is 45.0 Å². The highest BCUT2D eigenvalue weighted by molar-refractivity contribution is 5.44. The third-order valence-electron chi connectivity index (χ3n) is 8.79. The van der Waals surface area contributed by atoms with Crippen molar-refractivity contribution in [1.82, 2.24) is 25.3 Å². The van der Waals surface area contributed by atoms with Crippen molar-refractivity contribution in [2.75, 3.05) is 45.9 Å². The van der Waals surface area contributed by atoms with Crippen LogP contribution in [0.3, 0.4) is 0 Å². The van der Waals surface area contributed by atoms with Crippen molar-refractivity contribution in [1.29, 1.82) is 0 Å². The van der Waals surface area contributed by atoms with Crippen LogP contribution in [-0.2, 0) is 32.7 Å². The molecule has 3 aromatic rings. The van der Waals surface area contributed by atoms with Crippen LogP contribution in [0.25, 0.3) is 0 Å².